The average Bonchev–Trinajstić information content (AvgIpc) is 3.22. The Morgan fingerprint density at radius 2 is 1.55 bits per heavy atom. The highest BCUT2D eigenvalue weighted by Crippen LogP contribution is 2.32. The molecule has 0 fully saturated rings. The van der Waals surface area contributed by atoms with Crippen molar-refractivity contribution in [2.75, 3.05) is 0 Å². The molecule has 0 bridgehead atoms. The molecule has 0 atom stereocenters. The molecule has 3 aromatic carbocycles. The summed E-state index contributed by atoms with van der Waals surface area (Å²) in [6.45, 7) is 0. The Balaban J connectivity index is 0.00000272. The van der Waals surface area contributed by atoms with E-state index in [4.69, 9.17) is 14.5 Å². The van der Waals surface area contributed by atoms with Gasteiger partial charge in [0.1, 0.15) is 5.69 Å². The molecule has 156 valence electrons. The molecule has 1 heterocycles. The number of benzene rings is 3. The average molecular weight is 413 g/mol. The Bertz CT molecular complexity index is 1110. The fourth-order valence-electron chi connectivity index (χ4n) is 3.32. The normalized spacial score (nSPS) is 10.7. The molecule has 0 aliphatic rings. The number of hydrogen-bond donors (Lipinski definition) is 1. The van der Waals surface area contributed by atoms with Crippen molar-refractivity contribution < 1.29 is 19.8 Å². The van der Waals surface area contributed by atoms with Gasteiger partial charge in [0.15, 0.2) is 11.7 Å². The third-order valence-corrected chi connectivity index (χ3v) is 4.75. The molecule has 5 heteroatoms. The van der Waals surface area contributed by atoms with Gasteiger partial charge in [-0.15, -0.1) is 0 Å². The molecule has 0 aliphatic carbocycles. The van der Waals surface area contributed by atoms with Gasteiger partial charge in [0.25, 0.3) is 0 Å². The van der Waals surface area contributed by atoms with Gasteiger partial charge in [0, 0.05) is 23.6 Å². The minimum atomic E-state index is -0.956. The van der Waals surface area contributed by atoms with Crippen LogP contribution in [0, 0.1) is 0 Å². The van der Waals surface area contributed by atoms with Crippen molar-refractivity contribution in [1.29, 1.82) is 0 Å². The summed E-state index contributed by atoms with van der Waals surface area (Å²) in [6.07, 6.45) is 4.14. The molecule has 0 amide bonds. The summed E-state index contributed by atoms with van der Waals surface area (Å²) >= 11 is 0. The van der Waals surface area contributed by atoms with Gasteiger partial charge >= 0.3 is 5.97 Å². The van der Waals surface area contributed by atoms with Gasteiger partial charge in [-0.3, -0.25) is 0 Å². The van der Waals surface area contributed by atoms with Gasteiger partial charge in [-0.2, -0.15) is 0 Å². The molecular formula is C26H23NO4. The van der Waals surface area contributed by atoms with Crippen LogP contribution in [0.4, 0.5) is 0 Å². The summed E-state index contributed by atoms with van der Waals surface area (Å²) in [5.74, 6) is 0.496. The van der Waals surface area contributed by atoms with Crippen LogP contribution in [0.2, 0.25) is 0 Å². The molecule has 0 unspecified atom stereocenters. The fourth-order valence-corrected chi connectivity index (χ4v) is 3.32. The largest absolute Gasteiger partial charge is 0.478 e. The number of carboxylic acid groups (broad SMARTS) is 1. The lowest BCUT2D eigenvalue weighted by molar-refractivity contribution is -0.131. The zero-order valence-corrected chi connectivity index (χ0v) is 16.9. The van der Waals surface area contributed by atoms with Gasteiger partial charge < -0.3 is 15.0 Å². The van der Waals surface area contributed by atoms with E-state index in [9.17, 15) is 4.79 Å². The van der Waals surface area contributed by atoms with E-state index >= 15 is 0 Å². The number of carboxylic acids is 1. The number of aliphatic carboxylic acids is 1. The zero-order valence-electron chi connectivity index (χ0n) is 16.9. The van der Waals surface area contributed by atoms with E-state index < -0.39 is 5.97 Å². The van der Waals surface area contributed by atoms with Crippen LogP contribution in [0.15, 0.2) is 95.4 Å². The van der Waals surface area contributed by atoms with Crippen LogP contribution < -0.4 is 0 Å². The Kier molecular flexibility index (Phi) is 7.14. The van der Waals surface area contributed by atoms with E-state index in [0.717, 1.165) is 46.2 Å². The predicted octanol–water partition coefficient (Wildman–Crippen LogP) is 5.07. The quantitative estimate of drug-likeness (QED) is 0.428. The molecule has 0 saturated heterocycles. The van der Waals surface area contributed by atoms with E-state index in [0.29, 0.717) is 12.3 Å². The second-order valence-corrected chi connectivity index (χ2v) is 6.93. The molecule has 4 rings (SSSR count). The first kappa shape index (κ1) is 21.7. The molecule has 3 N–H and O–H groups in total. The van der Waals surface area contributed by atoms with Crippen LogP contribution >= 0.6 is 0 Å². The lowest BCUT2D eigenvalue weighted by Gasteiger charge is -2.01. The molecular weight excluding hydrogens is 390 g/mol. The summed E-state index contributed by atoms with van der Waals surface area (Å²) in [4.78, 5) is 15.5. The first-order valence-corrected chi connectivity index (χ1v) is 9.79. The maximum atomic E-state index is 10.7. The topological polar surface area (TPSA) is 94.8 Å². The van der Waals surface area contributed by atoms with Gasteiger partial charge in [0.05, 0.1) is 0 Å². The first-order chi connectivity index (χ1) is 14.7. The van der Waals surface area contributed by atoms with Crippen LogP contribution in [-0.4, -0.2) is 21.5 Å². The number of aromatic nitrogens is 1. The Labute approximate surface area is 180 Å². The van der Waals surface area contributed by atoms with Crippen LogP contribution in [0.3, 0.4) is 0 Å². The Hall–Kier alpha value is -3.96. The third-order valence-electron chi connectivity index (χ3n) is 4.75. The number of hydrogen-bond acceptors (Lipinski definition) is 3. The molecule has 5 nitrogen and oxygen atoms in total. The van der Waals surface area contributed by atoms with Crippen molar-refractivity contribution in [2.24, 2.45) is 0 Å². The minimum absolute atomic E-state index is 0. The summed E-state index contributed by atoms with van der Waals surface area (Å²) in [6, 6.07) is 27.9. The standard InChI is InChI=1S/C26H21NO3.H2O/c28-24(29)17-15-20-9-7-8-19(18-20)14-16-23-27-25(21-10-3-1-4-11-21)26(30-23)22-12-5-2-6-13-22;/h1-13,15,17-18H,14,16H2,(H,28,29);1H2/b17-15+;. The van der Waals surface area contributed by atoms with Crippen molar-refractivity contribution in [3.05, 3.63) is 108 Å². The number of oxazole rings is 1. The number of carbonyl (C=O) groups is 1. The summed E-state index contributed by atoms with van der Waals surface area (Å²) in [7, 11) is 0. The van der Waals surface area contributed by atoms with Crippen LogP contribution in [0.1, 0.15) is 17.0 Å². The maximum absolute atomic E-state index is 10.7. The summed E-state index contributed by atoms with van der Waals surface area (Å²) < 4.78 is 6.18. The zero-order chi connectivity index (χ0) is 20.8. The molecule has 4 aromatic rings. The van der Waals surface area contributed by atoms with E-state index in [1.54, 1.807) is 6.08 Å². The van der Waals surface area contributed by atoms with Gasteiger partial charge in [-0.1, -0.05) is 84.9 Å². The van der Waals surface area contributed by atoms with Crippen LogP contribution in [0.5, 0.6) is 0 Å². The van der Waals surface area contributed by atoms with E-state index in [-0.39, 0.29) is 5.48 Å². The molecule has 31 heavy (non-hydrogen) atoms. The SMILES string of the molecule is O.O=C(O)/C=C/c1cccc(CCc2nc(-c3ccccc3)c(-c3ccccc3)o2)c1. The number of rotatable bonds is 7. The maximum Gasteiger partial charge on any atom is 0.328 e. The summed E-state index contributed by atoms with van der Waals surface area (Å²) in [5, 5.41) is 8.80. The minimum Gasteiger partial charge on any atom is -0.478 e. The van der Waals surface area contributed by atoms with Crippen molar-refractivity contribution >= 4 is 12.0 Å². The second-order valence-electron chi connectivity index (χ2n) is 6.93. The van der Waals surface area contributed by atoms with Gasteiger partial charge in [0.2, 0.25) is 0 Å². The molecule has 0 radical (unpaired) electrons. The third kappa shape index (κ3) is 5.56. The highest BCUT2D eigenvalue weighted by molar-refractivity contribution is 5.85. The van der Waals surface area contributed by atoms with E-state index in [1.807, 2.05) is 84.9 Å². The van der Waals surface area contributed by atoms with Crippen molar-refractivity contribution in [2.45, 2.75) is 12.8 Å². The molecule has 1 aromatic heterocycles. The number of aryl methyl sites for hydroxylation is 2. The second kappa shape index (κ2) is 10.2. The summed E-state index contributed by atoms with van der Waals surface area (Å²) in [5.41, 5.74) is 4.82. The van der Waals surface area contributed by atoms with Crippen molar-refractivity contribution in [3.8, 4) is 22.6 Å². The Morgan fingerprint density at radius 1 is 0.871 bits per heavy atom. The highest BCUT2D eigenvalue weighted by atomic mass is 16.4. The van der Waals surface area contributed by atoms with Gasteiger partial charge in [-0.05, 0) is 23.6 Å². The lowest BCUT2D eigenvalue weighted by Crippen LogP contribution is -1.92. The smallest absolute Gasteiger partial charge is 0.328 e. The lowest BCUT2D eigenvalue weighted by atomic mass is 10.1. The predicted molar refractivity (Wildman–Crippen MR) is 122 cm³/mol. The van der Waals surface area contributed by atoms with Crippen LogP contribution in [0.25, 0.3) is 28.7 Å². The molecule has 0 aliphatic heterocycles. The van der Waals surface area contributed by atoms with E-state index in [1.165, 1.54) is 0 Å². The Morgan fingerprint density at radius 3 is 2.23 bits per heavy atom. The first-order valence-electron chi connectivity index (χ1n) is 9.79. The monoisotopic (exact) mass is 413 g/mol. The molecule has 0 saturated carbocycles. The number of nitrogens with zero attached hydrogens (tertiary/aromatic N) is 1. The highest BCUT2D eigenvalue weighted by Gasteiger charge is 2.16. The fraction of sp³-hybridized carbons (Fsp3) is 0.0769. The van der Waals surface area contributed by atoms with Crippen molar-refractivity contribution in [1.82, 2.24) is 4.98 Å². The van der Waals surface area contributed by atoms with Crippen LogP contribution in [-0.2, 0) is 17.6 Å². The van der Waals surface area contributed by atoms with E-state index in [2.05, 4.69) is 0 Å². The van der Waals surface area contributed by atoms with Crippen molar-refractivity contribution in [3.63, 3.8) is 0 Å². The van der Waals surface area contributed by atoms with Gasteiger partial charge in [-0.25, -0.2) is 9.78 Å². The molecule has 0 spiro atoms.